The minimum Gasteiger partial charge on any atom is -0.598 e. The van der Waals surface area contributed by atoms with Gasteiger partial charge in [-0.25, -0.2) is 13.9 Å². The van der Waals surface area contributed by atoms with Gasteiger partial charge in [-0.2, -0.15) is 23.5 Å². The van der Waals surface area contributed by atoms with Crippen LogP contribution < -0.4 is 15.4 Å². The average Bonchev–Trinajstić information content (AvgIpc) is 3.79. The maximum absolute atomic E-state index is 15.6. The standard InChI is InChI=1S/C36H36F4N6O4S/c1-34(2,3)51(50)45-35(15-14-22-10-11-22,25-8-4-6-23(16-25)20-41)26-12-13-28(37)29(18-26)43-32(47)30-19-31(36(38,39)40)44-46(30)27-9-5-7-24(17-27)21-42-33(48)49/h4-9,12-13,16-19,22,42,45H,10-11,14-15,21H2,1-3H3,(H,43,47)(H,48,49). The van der Waals surface area contributed by atoms with E-state index in [1.165, 1.54) is 36.4 Å². The summed E-state index contributed by atoms with van der Waals surface area (Å²) < 4.78 is 74.2. The molecule has 2 amide bonds. The molecule has 1 aromatic heterocycles. The highest BCUT2D eigenvalue weighted by molar-refractivity contribution is 7.90. The van der Waals surface area contributed by atoms with E-state index in [4.69, 9.17) is 5.11 Å². The number of amides is 2. The second-order valence-electron chi connectivity index (χ2n) is 13.4. The average molecular weight is 725 g/mol. The number of nitriles is 1. The van der Waals surface area contributed by atoms with Crippen LogP contribution in [0.5, 0.6) is 0 Å². The Labute approximate surface area is 295 Å². The van der Waals surface area contributed by atoms with E-state index in [-0.39, 0.29) is 17.9 Å². The monoisotopic (exact) mass is 724 g/mol. The second kappa shape index (κ2) is 14.7. The first-order valence-corrected chi connectivity index (χ1v) is 17.2. The molecule has 51 heavy (non-hydrogen) atoms. The molecule has 0 radical (unpaired) electrons. The van der Waals surface area contributed by atoms with Gasteiger partial charge in [-0.1, -0.05) is 43.2 Å². The molecule has 0 saturated heterocycles. The molecule has 4 N–H and O–H groups in total. The zero-order valence-corrected chi connectivity index (χ0v) is 28.8. The van der Waals surface area contributed by atoms with Crippen molar-refractivity contribution in [1.29, 1.82) is 5.26 Å². The molecule has 2 unspecified atom stereocenters. The van der Waals surface area contributed by atoms with Crippen LogP contribution in [0.25, 0.3) is 5.69 Å². The zero-order chi connectivity index (χ0) is 37.1. The maximum atomic E-state index is 15.6. The number of benzene rings is 3. The molecule has 1 saturated carbocycles. The number of carbonyl (C=O) groups excluding carboxylic acids is 1. The summed E-state index contributed by atoms with van der Waals surface area (Å²) in [6.07, 6.45) is -3.08. The van der Waals surface area contributed by atoms with E-state index in [1.54, 1.807) is 45.0 Å². The molecular weight excluding hydrogens is 688 g/mol. The van der Waals surface area contributed by atoms with Crippen molar-refractivity contribution in [3.05, 3.63) is 112 Å². The summed E-state index contributed by atoms with van der Waals surface area (Å²) in [6.45, 7) is 5.21. The summed E-state index contributed by atoms with van der Waals surface area (Å²) in [7, 11) is 0. The van der Waals surface area contributed by atoms with Gasteiger partial charge in [0.15, 0.2) is 5.69 Å². The molecule has 15 heteroatoms. The van der Waals surface area contributed by atoms with Crippen molar-refractivity contribution in [3.8, 4) is 11.8 Å². The fourth-order valence-corrected chi connectivity index (χ4v) is 6.50. The lowest BCUT2D eigenvalue weighted by molar-refractivity contribution is -0.141. The molecule has 4 aromatic rings. The van der Waals surface area contributed by atoms with Crippen molar-refractivity contribution in [2.24, 2.45) is 5.92 Å². The van der Waals surface area contributed by atoms with Gasteiger partial charge in [-0.15, -0.1) is 4.72 Å². The van der Waals surface area contributed by atoms with Crippen molar-refractivity contribution < 1.29 is 36.8 Å². The van der Waals surface area contributed by atoms with Gasteiger partial charge in [0, 0.05) is 24.0 Å². The summed E-state index contributed by atoms with van der Waals surface area (Å²) in [4.78, 5) is 24.7. The first-order valence-electron chi connectivity index (χ1n) is 16.1. The molecule has 1 heterocycles. The Morgan fingerprint density at radius 2 is 1.75 bits per heavy atom. The van der Waals surface area contributed by atoms with Gasteiger partial charge < -0.3 is 20.3 Å². The number of nitrogens with zero attached hydrogens (tertiary/aromatic N) is 3. The highest BCUT2D eigenvalue weighted by Crippen LogP contribution is 2.43. The maximum Gasteiger partial charge on any atom is 0.435 e. The van der Waals surface area contributed by atoms with Crippen LogP contribution in [-0.2, 0) is 29.6 Å². The first kappa shape index (κ1) is 37.3. The van der Waals surface area contributed by atoms with E-state index in [1.807, 2.05) is 0 Å². The van der Waals surface area contributed by atoms with Gasteiger partial charge in [0.1, 0.15) is 21.8 Å². The fourth-order valence-electron chi connectivity index (χ4n) is 5.54. The second-order valence-corrected chi connectivity index (χ2v) is 15.3. The Bertz CT molecular complexity index is 1970. The number of rotatable bonds is 12. The quantitative estimate of drug-likeness (QED) is 0.0876. The van der Waals surface area contributed by atoms with Crippen LogP contribution in [0.15, 0.2) is 72.8 Å². The van der Waals surface area contributed by atoms with Crippen molar-refractivity contribution >= 4 is 29.0 Å². The molecule has 10 nitrogen and oxygen atoms in total. The number of alkyl halides is 3. The Kier molecular flexibility index (Phi) is 10.8. The van der Waals surface area contributed by atoms with Crippen LogP contribution in [0, 0.1) is 23.1 Å². The van der Waals surface area contributed by atoms with Crippen LogP contribution in [0.4, 0.5) is 28.0 Å². The van der Waals surface area contributed by atoms with Crippen molar-refractivity contribution in [3.63, 3.8) is 0 Å². The number of hydrogen-bond donors (Lipinski definition) is 4. The molecule has 2 atom stereocenters. The van der Waals surface area contributed by atoms with Crippen molar-refractivity contribution in [2.45, 2.75) is 69.5 Å². The van der Waals surface area contributed by atoms with Crippen molar-refractivity contribution in [2.75, 3.05) is 5.32 Å². The number of halogens is 4. The predicted molar refractivity (Wildman–Crippen MR) is 183 cm³/mol. The fraction of sp³-hybridized carbons (Fsp3) is 0.333. The van der Waals surface area contributed by atoms with Gasteiger partial charge >= 0.3 is 12.3 Å². The number of hydrogen-bond acceptors (Lipinski definition) is 6. The molecular formula is C36H36F4N6O4S. The van der Waals surface area contributed by atoms with Gasteiger partial charge in [-0.05, 0) is 92.6 Å². The van der Waals surface area contributed by atoms with E-state index in [9.17, 15) is 32.6 Å². The van der Waals surface area contributed by atoms with Crippen LogP contribution in [0.3, 0.4) is 0 Å². The summed E-state index contributed by atoms with van der Waals surface area (Å²) >= 11 is -1.67. The Morgan fingerprint density at radius 3 is 2.39 bits per heavy atom. The molecule has 0 bridgehead atoms. The van der Waals surface area contributed by atoms with E-state index in [2.05, 4.69) is 26.5 Å². The lowest BCUT2D eigenvalue weighted by Gasteiger charge is -2.39. The molecule has 268 valence electrons. The molecule has 3 aromatic carbocycles. The number of nitrogens with one attached hydrogen (secondary N) is 3. The van der Waals surface area contributed by atoms with Crippen LogP contribution >= 0.6 is 0 Å². The molecule has 1 aliphatic carbocycles. The first-order chi connectivity index (χ1) is 24.0. The number of anilines is 1. The van der Waals surface area contributed by atoms with Gasteiger partial charge in [0.25, 0.3) is 5.91 Å². The SMILES string of the molecule is CC(C)(C)[S+]([O-])NC(CCC1CC1)(c1cccc(C#N)c1)c1ccc(F)c(NC(=O)c2cc(C(F)(F)F)nn2-c2cccc(CNC(=O)O)c2)c1. The zero-order valence-electron chi connectivity index (χ0n) is 28.0. The Balaban J connectivity index is 1.59. The van der Waals surface area contributed by atoms with Gasteiger partial charge in [-0.3, -0.25) is 4.79 Å². The third-order valence-corrected chi connectivity index (χ3v) is 10.1. The lowest BCUT2D eigenvalue weighted by atomic mass is 9.79. The highest BCUT2D eigenvalue weighted by Gasteiger charge is 2.44. The third-order valence-electron chi connectivity index (χ3n) is 8.47. The summed E-state index contributed by atoms with van der Waals surface area (Å²) in [5.41, 5.74) is -1.76. The topological polar surface area (TPSA) is 155 Å². The largest absolute Gasteiger partial charge is 0.598 e. The normalized spacial score (nSPS) is 15.0. The van der Waals surface area contributed by atoms with E-state index in [0.717, 1.165) is 23.6 Å². The number of carbonyl (C=O) groups is 2. The van der Waals surface area contributed by atoms with E-state index in [0.29, 0.717) is 47.1 Å². The van der Waals surface area contributed by atoms with E-state index >= 15 is 4.39 Å². The minimum atomic E-state index is -4.93. The summed E-state index contributed by atoms with van der Waals surface area (Å²) in [5, 5.41) is 26.9. The molecule has 1 aliphatic rings. The molecule has 0 aliphatic heterocycles. The molecule has 5 rings (SSSR count). The summed E-state index contributed by atoms with van der Waals surface area (Å²) in [6, 6.07) is 19.2. The smallest absolute Gasteiger partial charge is 0.435 e. The van der Waals surface area contributed by atoms with Crippen LogP contribution in [0.2, 0.25) is 0 Å². The highest BCUT2D eigenvalue weighted by atomic mass is 32.2. The van der Waals surface area contributed by atoms with Crippen LogP contribution in [0.1, 0.15) is 84.9 Å². The minimum absolute atomic E-state index is 0.0277. The molecule has 1 fully saturated rings. The van der Waals surface area contributed by atoms with Crippen LogP contribution in [-0.4, -0.2) is 36.2 Å². The number of carboxylic acid groups (broad SMARTS) is 1. The Morgan fingerprint density at radius 1 is 1.04 bits per heavy atom. The van der Waals surface area contributed by atoms with Gasteiger partial charge in [0.05, 0.1) is 23.0 Å². The van der Waals surface area contributed by atoms with Gasteiger partial charge in [0.2, 0.25) is 0 Å². The Hall–Kier alpha value is -4.91. The lowest BCUT2D eigenvalue weighted by Crippen LogP contribution is -2.52. The summed E-state index contributed by atoms with van der Waals surface area (Å²) in [5.74, 6) is -1.56. The third kappa shape index (κ3) is 8.88. The molecule has 0 spiro atoms. The predicted octanol–water partition coefficient (Wildman–Crippen LogP) is 7.41. The number of aromatic nitrogens is 2. The van der Waals surface area contributed by atoms with Crippen molar-refractivity contribution in [1.82, 2.24) is 19.8 Å². The van der Waals surface area contributed by atoms with E-state index < -0.39 is 57.0 Å².